The van der Waals surface area contributed by atoms with Crippen molar-refractivity contribution in [3.63, 3.8) is 0 Å². The maximum Gasteiger partial charge on any atom is 0.240 e. The van der Waals surface area contributed by atoms with Crippen LogP contribution in [0.25, 0.3) is 0 Å². The molecule has 1 aliphatic heterocycles. The van der Waals surface area contributed by atoms with Gasteiger partial charge in [0.25, 0.3) is 0 Å². The summed E-state index contributed by atoms with van der Waals surface area (Å²) in [4.78, 5) is 26.5. The van der Waals surface area contributed by atoms with Crippen LogP contribution in [-0.2, 0) is 32.6 Å². The van der Waals surface area contributed by atoms with Gasteiger partial charge in [-0.15, -0.1) is 0 Å². The molecule has 1 aliphatic carbocycles. The van der Waals surface area contributed by atoms with Crippen LogP contribution in [0.1, 0.15) is 56.2 Å². The van der Waals surface area contributed by atoms with E-state index in [-0.39, 0.29) is 34.6 Å². The number of rotatable bonds is 7. The second-order valence-electron chi connectivity index (χ2n) is 10.0. The van der Waals surface area contributed by atoms with Gasteiger partial charge in [0.2, 0.25) is 21.8 Å². The number of benzene rings is 2. The molecule has 0 aromatic heterocycles. The van der Waals surface area contributed by atoms with Crippen LogP contribution >= 0.6 is 0 Å². The third-order valence-electron chi connectivity index (χ3n) is 7.28. The molecule has 0 bridgehead atoms. The molecule has 1 heterocycles. The quantitative estimate of drug-likeness (QED) is 0.610. The molecule has 1 fully saturated rings. The Kier molecular flexibility index (Phi) is 7.62. The Balaban J connectivity index is 1.26. The monoisotopic (exact) mass is 497 g/mol. The van der Waals surface area contributed by atoms with Crippen LogP contribution in [-0.4, -0.2) is 32.8 Å². The van der Waals surface area contributed by atoms with Gasteiger partial charge < -0.3 is 10.2 Å². The first-order valence-electron chi connectivity index (χ1n) is 12.4. The second kappa shape index (κ2) is 10.5. The maximum absolute atomic E-state index is 12.9. The van der Waals surface area contributed by atoms with Crippen molar-refractivity contribution < 1.29 is 18.0 Å². The molecule has 35 heavy (non-hydrogen) atoms. The van der Waals surface area contributed by atoms with E-state index in [1.54, 1.807) is 23.1 Å². The lowest BCUT2D eigenvalue weighted by atomic mass is 9.81. The van der Waals surface area contributed by atoms with Crippen LogP contribution < -0.4 is 14.9 Å². The number of amides is 2. The van der Waals surface area contributed by atoms with Crippen molar-refractivity contribution in [1.82, 2.24) is 10.0 Å². The second-order valence-corrected chi connectivity index (χ2v) is 11.8. The van der Waals surface area contributed by atoms with Crippen molar-refractivity contribution in [2.75, 3.05) is 11.4 Å². The molecule has 4 rings (SSSR count). The molecule has 0 spiro atoms. The molecule has 1 atom stereocenters. The highest BCUT2D eigenvalue weighted by molar-refractivity contribution is 7.89. The number of hydrogen-bond donors (Lipinski definition) is 2. The summed E-state index contributed by atoms with van der Waals surface area (Å²) in [5.41, 5.74) is 3.96. The average Bonchev–Trinajstić information content (AvgIpc) is 3.17. The van der Waals surface area contributed by atoms with Crippen LogP contribution in [0, 0.1) is 18.8 Å². The number of aryl methyl sites for hydroxylation is 1. The van der Waals surface area contributed by atoms with Gasteiger partial charge in [0.05, 0.1) is 4.90 Å². The van der Waals surface area contributed by atoms with Crippen LogP contribution in [0.2, 0.25) is 0 Å². The van der Waals surface area contributed by atoms with Crippen molar-refractivity contribution >= 4 is 27.5 Å². The van der Waals surface area contributed by atoms with Crippen LogP contribution in [0.4, 0.5) is 5.69 Å². The van der Waals surface area contributed by atoms with Crippen molar-refractivity contribution in [2.45, 2.75) is 70.4 Å². The Morgan fingerprint density at radius 3 is 2.37 bits per heavy atom. The lowest BCUT2D eigenvalue weighted by Gasteiger charge is -2.28. The molecule has 2 aromatic rings. The largest absolute Gasteiger partial charge is 0.352 e. The minimum atomic E-state index is -3.64. The number of sulfonamides is 1. The Bertz CT molecular complexity index is 1190. The van der Waals surface area contributed by atoms with Gasteiger partial charge in [-0.2, -0.15) is 0 Å². The standard InChI is InChI=1S/C27H35N3O4S/c1-18-4-6-21(7-5-18)16-28-27(32)23-10-8-22(9-11-23)17-29-35(33,34)25-12-13-26-24(15-25)14-19(2)30(26)20(3)31/h4-7,12-13,15,19,22-23,29H,8-11,14,16-17H2,1-3H3,(H,28,32)/t19-,22?,23?/m1/s1. The van der Waals surface area contributed by atoms with Gasteiger partial charge >= 0.3 is 0 Å². The molecule has 0 radical (unpaired) electrons. The molecule has 1 saturated carbocycles. The highest BCUT2D eigenvalue weighted by Crippen LogP contribution is 2.34. The molecular weight excluding hydrogens is 462 g/mol. The van der Waals surface area contributed by atoms with Crippen molar-refractivity contribution in [3.8, 4) is 0 Å². The van der Waals surface area contributed by atoms with Gasteiger partial charge in [0.15, 0.2) is 0 Å². The van der Waals surface area contributed by atoms with Gasteiger partial charge in [-0.1, -0.05) is 29.8 Å². The SMILES string of the molecule is CC(=O)N1c2ccc(S(=O)(=O)NCC3CCC(C(=O)NCc4ccc(C)cc4)CC3)cc2C[C@H]1C. The van der Waals surface area contributed by atoms with Crippen LogP contribution in [0.3, 0.4) is 0 Å². The number of hydrogen-bond acceptors (Lipinski definition) is 4. The smallest absolute Gasteiger partial charge is 0.240 e. The zero-order valence-corrected chi connectivity index (χ0v) is 21.5. The summed E-state index contributed by atoms with van der Waals surface area (Å²) in [5, 5.41) is 3.04. The van der Waals surface area contributed by atoms with Crippen molar-refractivity contribution in [2.24, 2.45) is 11.8 Å². The molecule has 2 aromatic carbocycles. The lowest BCUT2D eigenvalue weighted by molar-refractivity contribution is -0.126. The molecule has 8 heteroatoms. The molecule has 0 saturated heterocycles. The van der Waals surface area contributed by atoms with Gasteiger partial charge in [-0.3, -0.25) is 9.59 Å². The first-order chi connectivity index (χ1) is 16.6. The Labute approximate surface area is 208 Å². The third-order valence-corrected chi connectivity index (χ3v) is 8.70. The minimum Gasteiger partial charge on any atom is -0.352 e. The normalized spacial score (nSPS) is 22.0. The van der Waals surface area contributed by atoms with Gasteiger partial charge in [-0.25, -0.2) is 13.1 Å². The van der Waals surface area contributed by atoms with Crippen LogP contribution in [0.5, 0.6) is 0 Å². The fourth-order valence-corrected chi connectivity index (χ4v) is 6.40. The highest BCUT2D eigenvalue weighted by Gasteiger charge is 2.31. The van der Waals surface area contributed by atoms with E-state index >= 15 is 0 Å². The maximum atomic E-state index is 12.9. The summed E-state index contributed by atoms with van der Waals surface area (Å²) in [6.07, 6.45) is 3.82. The van der Waals surface area contributed by atoms with Gasteiger partial charge in [0, 0.05) is 37.7 Å². The van der Waals surface area contributed by atoms with E-state index in [1.807, 2.05) is 38.1 Å². The van der Waals surface area contributed by atoms with E-state index in [0.29, 0.717) is 19.5 Å². The molecular formula is C27H35N3O4S. The van der Waals surface area contributed by atoms with Crippen LogP contribution in [0.15, 0.2) is 47.4 Å². The first kappa shape index (κ1) is 25.4. The fourth-order valence-electron chi connectivity index (χ4n) is 5.23. The minimum absolute atomic E-state index is 0.0174. The van der Waals surface area contributed by atoms with E-state index in [4.69, 9.17) is 0 Å². The summed E-state index contributed by atoms with van der Waals surface area (Å²) < 4.78 is 28.6. The predicted octanol–water partition coefficient (Wildman–Crippen LogP) is 3.69. The molecule has 2 aliphatic rings. The van der Waals surface area contributed by atoms with E-state index in [9.17, 15) is 18.0 Å². The Morgan fingerprint density at radius 2 is 1.71 bits per heavy atom. The predicted molar refractivity (Wildman–Crippen MR) is 136 cm³/mol. The highest BCUT2D eigenvalue weighted by atomic mass is 32.2. The summed E-state index contributed by atoms with van der Waals surface area (Å²) in [6, 6.07) is 13.2. The number of fused-ring (bicyclic) bond motifs is 1. The van der Waals surface area contributed by atoms with E-state index in [1.165, 1.54) is 12.5 Å². The first-order valence-corrected chi connectivity index (χ1v) is 13.9. The van der Waals surface area contributed by atoms with Crippen molar-refractivity contribution in [3.05, 3.63) is 59.2 Å². The number of nitrogens with one attached hydrogen (secondary N) is 2. The Morgan fingerprint density at radius 1 is 1.03 bits per heavy atom. The Hall–Kier alpha value is -2.71. The summed E-state index contributed by atoms with van der Waals surface area (Å²) in [5.74, 6) is 0.241. The number of nitrogens with zero attached hydrogens (tertiary/aromatic N) is 1. The summed E-state index contributed by atoms with van der Waals surface area (Å²) >= 11 is 0. The molecule has 2 N–H and O–H groups in total. The van der Waals surface area contributed by atoms with E-state index in [0.717, 1.165) is 42.5 Å². The topological polar surface area (TPSA) is 95.6 Å². The molecule has 0 unspecified atom stereocenters. The van der Waals surface area contributed by atoms with Gasteiger partial charge in [-0.05, 0) is 81.2 Å². The zero-order valence-electron chi connectivity index (χ0n) is 20.7. The lowest BCUT2D eigenvalue weighted by Crippen LogP contribution is -2.36. The number of carbonyl (C=O) groups excluding carboxylic acids is 2. The number of anilines is 1. The summed E-state index contributed by atoms with van der Waals surface area (Å²) in [6.45, 7) is 6.43. The van der Waals surface area contributed by atoms with Crippen molar-refractivity contribution in [1.29, 1.82) is 0 Å². The van der Waals surface area contributed by atoms with Gasteiger partial charge in [0.1, 0.15) is 0 Å². The van der Waals surface area contributed by atoms with E-state index < -0.39 is 10.0 Å². The molecule has 188 valence electrons. The van der Waals surface area contributed by atoms with E-state index in [2.05, 4.69) is 10.0 Å². The number of carbonyl (C=O) groups is 2. The zero-order chi connectivity index (χ0) is 25.2. The fraction of sp³-hybridized carbons (Fsp3) is 0.481. The third kappa shape index (κ3) is 5.93. The molecule has 2 amide bonds. The summed E-state index contributed by atoms with van der Waals surface area (Å²) in [7, 11) is -3.64. The molecule has 7 nitrogen and oxygen atoms in total. The average molecular weight is 498 g/mol.